The van der Waals surface area contributed by atoms with Crippen LogP contribution in [0, 0.1) is 0 Å². The third kappa shape index (κ3) is 7.97. The molecule has 9 heteroatoms. The van der Waals surface area contributed by atoms with Crippen molar-refractivity contribution in [2.75, 3.05) is 13.2 Å². The van der Waals surface area contributed by atoms with Gasteiger partial charge in [-0.25, -0.2) is 0 Å². The molecule has 45 heavy (non-hydrogen) atoms. The Morgan fingerprint density at radius 3 is 2.16 bits per heavy atom. The van der Waals surface area contributed by atoms with Gasteiger partial charge < -0.3 is 24.1 Å². The van der Waals surface area contributed by atoms with Crippen LogP contribution in [0.25, 0.3) is 0 Å². The van der Waals surface area contributed by atoms with Gasteiger partial charge in [-0.3, -0.25) is 9.59 Å². The van der Waals surface area contributed by atoms with E-state index in [0.29, 0.717) is 49.7 Å². The van der Waals surface area contributed by atoms with Crippen LogP contribution in [-0.2, 0) is 27.5 Å². The Morgan fingerprint density at radius 2 is 1.47 bits per heavy atom. The van der Waals surface area contributed by atoms with E-state index >= 15 is 0 Å². The zero-order chi connectivity index (χ0) is 31.9. The van der Waals surface area contributed by atoms with Gasteiger partial charge in [0.2, 0.25) is 0 Å². The van der Waals surface area contributed by atoms with E-state index in [1.54, 1.807) is 12.1 Å². The van der Waals surface area contributed by atoms with E-state index in [-0.39, 0.29) is 35.3 Å². The van der Waals surface area contributed by atoms with Crippen molar-refractivity contribution < 1.29 is 33.7 Å². The number of aromatic hydroxyl groups is 1. The molecule has 0 aromatic heterocycles. The number of ketones is 2. The van der Waals surface area contributed by atoms with Crippen molar-refractivity contribution in [2.24, 2.45) is 0 Å². The predicted octanol–water partition coefficient (Wildman–Crippen LogP) is 7.95. The second-order valence-corrected chi connectivity index (χ2v) is 12.8. The fraction of sp³-hybridized carbons (Fsp3) is 0.250. The minimum absolute atomic E-state index is 0.0284. The standard InChI is InChI=1S/C18H15BrO3.C10H10O2.C8H7BrO2/c19-12-5-6-17-14(7-12)16(20)8-18(22-17)15-10-21-9-11-3-1-2-4-13(11)15;11-5-9-7-12-6-8-3-1-2-4-10(8)9;1-5(10)7-4-6(9)2-3-8(7)11/h1-7,15,18H,8-10H2;1-5,9H,6-7H2;2-4,11H,1H3. The Balaban J connectivity index is 0.000000147. The molecule has 3 aliphatic heterocycles. The number of fused-ring (bicyclic) bond motifs is 3. The number of aldehydes is 1. The van der Waals surface area contributed by atoms with Gasteiger partial charge in [-0.05, 0) is 65.6 Å². The first-order valence-corrected chi connectivity index (χ1v) is 16.1. The van der Waals surface area contributed by atoms with Crippen LogP contribution >= 0.6 is 31.9 Å². The third-order valence-corrected chi connectivity index (χ3v) is 8.86. The summed E-state index contributed by atoms with van der Waals surface area (Å²) in [6, 6.07) is 26.5. The molecule has 7 nitrogen and oxygen atoms in total. The van der Waals surface area contributed by atoms with Gasteiger partial charge in [-0.2, -0.15) is 0 Å². The average molecular weight is 736 g/mol. The van der Waals surface area contributed by atoms with Crippen LogP contribution < -0.4 is 4.74 Å². The van der Waals surface area contributed by atoms with Crippen LogP contribution in [-0.4, -0.2) is 42.3 Å². The van der Waals surface area contributed by atoms with E-state index in [1.807, 2.05) is 54.6 Å². The van der Waals surface area contributed by atoms with Crippen molar-refractivity contribution in [3.8, 4) is 11.5 Å². The van der Waals surface area contributed by atoms with Crippen LogP contribution in [0.15, 0.2) is 93.9 Å². The largest absolute Gasteiger partial charge is 0.507 e. The first-order valence-electron chi connectivity index (χ1n) is 14.5. The smallest absolute Gasteiger partial charge is 0.170 e. The number of carbonyl (C=O) groups excluding carboxylic acids is 3. The summed E-state index contributed by atoms with van der Waals surface area (Å²) in [7, 11) is 0. The maximum Gasteiger partial charge on any atom is 0.170 e. The lowest BCUT2D eigenvalue weighted by Crippen LogP contribution is -2.36. The van der Waals surface area contributed by atoms with Gasteiger partial charge in [0, 0.05) is 21.3 Å². The van der Waals surface area contributed by atoms with Gasteiger partial charge in [0.15, 0.2) is 11.6 Å². The Bertz CT molecular complexity index is 1700. The highest BCUT2D eigenvalue weighted by Crippen LogP contribution is 2.38. The molecule has 3 aliphatic rings. The number of hydrogen-bond acceptors (Lipinski definition) is 7. The van der Waals surface area contributed by atoms with E-state index in [2.05, 4.69) is 44.0 Å². The summed E-state index contributed by atoms with van der Waals surface area (Å²) in [6.07, 6.45) is 1.19. The summed E-state index contributed by atoms with van der Waals surface area (Å²) in [5.41, 5.74) is 5.71. The zero-order valence-corrected chi connectivity index (χ0v) is 27.8. The molecule has 4 aromatic carbocycles. The van der Waals surface area contributed by atoms with Crippen LogP contribution in [0.4, 0.5) is 0 Å². The molecule has 0 spiro atoms. The Hall–Kier alpha value is -3.63. The van der Waals surface area contributed by atoms with E-state index in [1.165, 1.54) is 24.1 Å². The summed E-state index contributed by atoms with van der Waals surface area (Å²) in [4.78, 5) is 33.9. The third-order valence-electron chi connectivity index (χ3n) is 7.88. The van der Waals surface area contributed by atoms with Gasteiger partial charge in [0.1, 0.15) is 23.9 Å². The SMILES string of the molecule is CC(=O)c1cc(Br)ccc1O.O=C1CC(C2COCc3ccccc32)Oc2ccc(Br)cc21.O=CC1COCc2ccccc21. The van der Waals surface area contributed by atoms with Crippen molar-refractivity contribution in [1.82, 2.24) is 0 Å². The van der Waals surface area contributed by atoms with Crippen molar-refractivity contribution in [3.05, 3.63) is 127 Å². The second-order valence-electron chi connectivity index (χ2n) is 10.9. The van der Waals surface area contributed by atoms with Gasteiger partial charge >= 0.3 is 0 Å². The van der Waals surface area contributed by atoms with Gasteiger partial charge in [0.25, 0.3) is 0 Å². The molecule has 0 saturated heterocycles. The molecule has 3 atom stereocenters. The summed E-state index contributed by atoms with van der Waals surface area (Å²) < 4.78 is 18.8. The molecule has 0 bridgehead atoms. The van der Waals surface area contributed by atoms with E-state index in [4.69, 9.17) is 19.3 Å². The molecule has 232 valence electrons. The fourth-order valence-corrected chi connectivity index (χ4v) is 6.30. The summed E-state index contributed by atoms with van der Waals surface area (Å²) in [5, 5.41) is 9.16. The Labute approximate surface area is 278 Å². The number of halogens is 2. The molecular formula is C36H32Br2O7. The minimum atomic E-state index is -0.164. The van der Waals surface area contributed by atoms with Gasteiger partial charge in [0.05, 0.1) is 43.5 Å². The fourth-order valence-electron chi connectivity index (χ4n) is 5.58. The normalized spacial score (nSPS) is 19.5. The highest BCUT2D eigenvalue weighted by atomic mass is 79.9. The van der Waals surface area contributed by atoms with Crippen LogP contribution in [0.5, 0.6) is 11.5 Å². The maximum absolute atomic E-state index is 12.5. The average Bonchev–Trinajstić information content (AvgIpc) is 3.06. The molecule has 0 fully saturated rings. The number of benzene rings is 4. The number of phenolic OH excluding ortho intramolecular Hbond substituents is 1. The van der Waals surface area contributed by atoms with Crippen molar-refractivity contribution >= 4 is 49.7 Å². The Kier molecular flexibility index (Phi) is 11.0. The molecule has 7 rings (SSSR count). The van der Waals surface area contributed by atoms with Crippen LogP contribution in [0.2, 0.25) is 0 Å². The quantitative estimate of drug-likeness (QED) is 0.168. The first-order chi connectivity index (χ1) is 21.7. The summed E-state index contributed by atoms with van der Waals surface area (Å²) >= 11 is 6.60. The maximum atomic E-state index is 12.5. The van der Waals surface area contributed by atoms with Crippen molar-refractivity contribution in [3.63, 3.8) is 0 Å². The van der Waals surface area contributed by atoms with Crippen molar-refractivity contribution in [1.29, 1.82) is 0 Å². The highest BCUT2D eigenvalue weighted by Gasteiger charge is 2.36. The lowest BCUT2D eigenvalue weighted by Gasteiger charge is -2.35. The number of phenols is 1. The van der Waals surface area contributed by atoms with Crippen molar-refractivity contribution in [2.45, 2.75) is 44.5 Å². The lowest BCUT2D eigenvalue weighted by molar-refractivity contribution is -0.110. The van der Waals surface area contributed by atoms with Gasteiger partial charge in [-0.15, -0.1) is 0 Å². The molecular weight excluding hydrogens is 704 g/mol. The number of carbonyl (C=O) groups is 3. The number of hydrogen-bond donors (Lipinski definition) is 1. The molecule has 0 aliphatic carbocycles. The molecule has 0 amide bonds. The van der Waals surface area contributed by atoms with Crippen LogP contribution in [0.3, 0.4) is 0 Å². The predicted molar refractivity (Wildman–Crippen MR) is 177 cm³/mol. The number of ether oxygens (including phenoxy) is 3. The van der Waals surface area contributed by atoms with E-state index in [9.17, 15) is 14.4 Å². The second kappa shape index (κ2) is 15.1. The van der Waals surface area contributed by atoms with Crippen LogP contribution in [0.1, 0.15) is 68.2 Å². The minimum Gasteiger partial charge on any atom is -0.507 e. The summed E-state index contributed by atoms with van der Waals surface area (Å²) in [5.74, 6) is 0.744. The molecule has 3 heterocycles. The lowest BCUT2D eigenvalue weighted by atomic mass is 9.84. The van der Waals surface area contributed by atoms with E-state index < -0.39 is 0 Å². The molecule has 1 N–H and O–H groups in total. The molecule has 4 aromatic rings. The molecule has 3 unspecified atom stereocenters. The summed E-state index contributed by atoms with van der Waals surface area (Å²) in [6.45, 7) is 3.82. The number of Topliss-reactive ketones (excluding diaryl/α,β-unsaturated/α-hetero) is 2. The zero-order valence-electron chi connectivity index (χ0n) is 24.6. The van der Waals surface area contributed by atoms with Gasteiger partial charge in [-0.1, -0.05) is 80.4 Å². The molecule has 0 radical (unpaired) electrons. The van der Waals surface area contributed by atoms with E-state index in [0.717, 1.165) is 26.4 Å². The molecule has 0 saturated carbocycles. The monoisotopic (exact) mass is 734 g/mol. The Morgan fingerprint density at radius 1 is 0.844 bits per heavy atom. The first kappa shape index (κ1) is 32.8. The highest BCUT2D eigenvalue weighted by molar-refractivity contribution is 9.10. The number of rotatable bonds is 3. The topological polar surface area (TPSA) is 99.1 Å².